The fourth-order valence-electron chi connectivity index (χ4n) is 4.53. The molecule has 2 heterocycles. The molecule has 4 rings (SSSR count). The van der Waals surface area contributed by atoms with Gasteiger partial charge in [0.15, 0.2) is 11.0 Å². The Kier molecular flexibility index (Phi) is 7.29. The number of phenolic OH excluding ortho intramolecular Hbond substituents is 2. The van der Waals surface area contributed by atoms with Gasteiger partial charge in [-0.25, -0.2) is 4.79 Å². The average Bonchev–Trinajstić information content (AvgIpc) is 2.85. The first-order valence-corrected chi connectivity index (χ1v) is 12.1. The minimum absolute atomic E-state index is 0.0144. The topological polar surface area (TPSA) is 138 Å². The Hall–Kier alpha value is -3.82. The summed E-state index contributed by atoms with van der Waals surface area (Å²) in [5.74, 6) is -0.586. The zero-order chi connectivity index (χ0) is 26.9. The number of allylic oxidation sites excluding steroid dienone is 1. The average molecular weight is 510 g/mol. The first-order valence-electron chi connectivity index (χ1n) is 12.1. The lowest BCUT2D eigenvalue weighted by molar-refractivity contribution is -0.156. The van der Waals surface area contributed by atoms with Gasteiger partial charge in [-0.1, -0.05) is 18.2 Å². The van der Waals surface area contributed by atoms with Gasteiger partial charge in [-0.05, 0) is 58.5 Å². The number of carbonyl (C=O) groups excluding carboxylic acids is 1. The molecule has 0 saturated heterocycles. The number of hydrogen-bond acceptors (Lipinski definition) is 9. The van der Waals surface area contributed by atoms with Gasteiger partial charge in [-0.15, -0.1) is 0 Å². The number of phenols is 2. The molecule has 0 spiro atoms. The second kappa shape index (κ2) is 10.3. The van der Waals surface area contributed by atoms with Crippen LogP contribution in [0.5, 0.6) is 17.2 Å². The molecule has 1 aliphatic rings. The summed E-state index contributed by atoms with van der Waals surface area (Å²) in [6.45, 7) is 5.39. The number of fused-ring (bicyclic) bond motifs is 2. The molecule has 9 nitrogen and oxygen atoms in total. The number of nitrogens with one attached hydrogen (secondary N) is 1. The Labute approximate surface area is 214 Å². The Morgan fingerprint density at radius 1 is 1.27 bits per heavy atom. The van der Waals surface area contributed by atoms with Crippen molar-refractivity contribution in [3.63, 3.8) is 0 Å². The van der Waals surface area contributed by atoms with E-state index < -0.39 is 29.7 Å². The van der Waals surface area contributed by atoms with Crippen LogP contribution in [0.2, 0.25) is 0 Å². The van der Waals surface area contributed by atoms with Crippen LogP contribution in [0.15, 0.2) is 51.2 Å². The van der Waals surface area contributed by atoms with Crippen LogP contribution in [0.25, 0.3) is 22.1 Å². The number of esters is 1. The molecule has 1 atom stereocenters. The lowest BCUT2D eigenvalue weighted by Gasteiger charge is -2.40. The van der Waals surface area contributed by atoms with E-state index in [9.17, 15) is 24.9 Å². The summed E-state index contributed by atoms with van der Waals surface area (Å²) in [6.07, 6.45) is 1.49. The number of benzene rings is 2. The van der Waals surface area contributed by atoms with Crippen LogP contribution in [0.3, 0.4) is 0 Å². The van der Waals surface area contributed by atoms with Crippen LogP contribution in [-0.2, 0) is 22.6 Å². The number of aliphatic hydroxyl groups excluding tert-OH is 1. The minimum atomic E-state index is -1.02. The molecule has 196 valence electrons. The number of aliphatic hydroxyl groups is 1. The standard InChI is InChI=1S/C28H31NO8/c1-5-15(9-10-29-4)27(34)36-21-13-19-24(33)23-20(32)12-18(14-30)35-26(23)22(25(19)37-28(21,2)3)16-7-6-8-17(31)11-16/h5-8,11-12,21,29-31,33H,9-10,13-14H2,1-4H3/b15-5-/t21-/m1/s1. The van der Waals surface area contributed by atoms with Gasteiger partial charge in [0.25, 0.3) is 0 Å². The van der Waals surface area contributed by atoms with Crippen LogP contribution >= 0.6 is 0 Å². The highest BCUT2D eigenvalue weighted by molar-refractivity contribution is 6.01. The van der Waals surface area contributed by atoms with Gasteiger partial charge in [0.2, 0.25) is 0 Å². The number of aromatic hydroxyl groups is 2. The number of rotatable bonds is 7. The lowest BCUT2D eigenvalue weighted by atomic mass is 9.86. The number of hydrogen-bond donors (Lipinski definition) is 4. The van der Waals surface area contributed by atoms with Gasteiger partial charge < -0.3 is 34.5 Å². The van der Waals surface area contributed by atoms with E-state index in [1.54, 1.807) is 46.0 Å². The molecular formula is C28H31NO8. The van der Waals surface area contributed by atoms with Crippen LogP contribution in [0.4, 0.5) is 0 Å². The maximum absolute atomic E-state index is 13.0. The van der Waals surface area contributed by atoms with E-state index in [1.807, 2.05) is 0 Å². The first-order chi connectivity index (χ1) is 17.6. The largest absolute Gasteiger partial charge is 0.508 e. The fourth-order valence-corrected chi connectivity index (χ4v) is 4.53. The molecule has 1 aromatic heterocycles. The predicted molar refractivity (Wildman–Crippen MR) is 138 cm³/mol. The molecular weight excluding hydrogens is 478 g/mol. The predicted octanol–water partition coefficient (Wildman–Crippen LogP) is 3.54. The van der Waals surface area contributed by atoms with E-state index in [0.717, 1.165) is 6.07 Å². The highest BCUT2D eigenvalue weighted by Crippen LogP contribution is 2.50. The second-order valence-corrected chi connectivity index (χ2v) is 9.49. The summed E-state index contributed by atoms with van der Waals surface area (Å²) < 4.78 is 18.1. The van der Waals surface area contributed by atoms with Gasteiger partial charge >= 0.3 is 5.97 Å². The monoisotopic (exact) mass is 509 g/mol. The first kappa shape index (κ1) is 26.2. The summed E-state index contributed by atoms with van der Waals surface area (Å²) in [5.41, 5.74) is 0.0636. The third-order valence-corrected chi connectivity index (χ3v) is 6.57. The minimum Gasteiger partial charge on any atom is -0.508 e. The maximum Gasteiger partial charge on any atom is 0.334 e. The van der Waals surface area contributed by atoms with Crippen molar-refractivity contribution < 1.29 is 34.0 Å². The Morgan fingerprint density at radius 2 is 2.03 bits per heavy atom. The Balaban J connectivity index is 1.91. The maximum atomic E-state index is 13.0. The highest BCUT2D eigenvalue weighted by atomic mass is 16.6. The van der Waals surface area contributed by atoms with Crippen molar-refractivity contribution in [3.8, 4) is 28.4 Å². The van der Waals surface area contributed by atoms with E-state index >= 15 is 0 Å². The Bertz CT molecular complexity index is 1440. The summed E-state index contributed by atoms with van der Waals surface area (Å²) in [7, 11) is 1.80. The summed E-state index contributed by atoms with van der Waals surface area (Å²) in [6, 6.07) is 7.44. The summed E-state index contributed by atoms with van der Waals surface area (Å²) in [5, 5.41) is 33.9. The molecule has 37 heavy (non-hydrogen) atoms. The van der Waals surface area contributed by atoms with Crippen molar-refractivity contribution in [2.45, 2.75) is 51.9 Å². The Morgan fingerprint density at radius 3 is 2.68 bits per heavy atom. The summed E-state index contributed by atoms with van der Waals surface area (Å²) in [4.78, 5) is 26.0. The van der Waals surface area contributed by atoms with Gasteiger partial charge in [0.05, 0.1) is 5.56 Å². The van der Waals surface area contributed by atoms with E-state index in [1.165, 1.54) is 12.1 Å². The van der Waals surface area contributed by atoms with Crippen molar-refractivity contribution in [2.75, 3.05) is 13.6 Å². The second-order valence-electron chi connectivity index (χ2n) is 9.49. The van der Waals surface area contributed by atoms with Crippen molar-refractivity contribution in [1.29, 1.82) is 0 Å². The molecule has 0 saturated carbocycles. The molecule has 9 heteroatoms. The molecule has 0 aliphatic carbocycles. The summed E-state index contributed by atoms with van der Waals surface area (Å²) >= 11 is 0. The van der Waals surface area contributed by atoms with Gasteiger partial charge in [-0.2, -0.15) is 0 Å². The highest BCUT2D eigenvalue weighted by Gasteiger charge is 2.43. The van der Waals surface area contributed by atoms with Crippen LogP contribution in [-0.4, -0.2) is 46.6 Å². The van der Waals surface area contributed by atoms with Crippen molar-refractivity contribution in [1.82, 2.24) is 5.32 Å². The van der Waals surface area contributed by atoms with Crippen molar-refractivity contribution in [3.05, 3.63) is 63.5 Å². The normalized spacial score (nSPS) is 16.8. The quantitative estimate of drug-likeness (QED) is 0.278. The zero-order valence-corrected chi connectivity index (χ0v) is 21.3. The molecule has 0 unspecified atom stereocenters. The van der Waals surface area contributed by atoms with E-state index in [0.29, 0.717) is 29.7 Å². The van der Waals surface area contributed by atoms with E-state index in [4.69, 9.17) is 13.9 Å². The fraction of sp³-hybridized carbons (Fsp3) is 0.357. The molecule has 0 bridgehead atoms. The molecule has 3 aromatic rings. The molecule has 0 amide bonds. The van der Waals surface area contributed by atoms with E-state index in [-0.39, 0.29) is 46.0 Å². The third-order valence-electron chi connectivity index (χ3n) is 6.57. The van der Waals surface area contributed by atoms with Crippen LogP contribution in [0.1, 0.15) is 38.5 Å². The zero-order valence-electron chi connectivity index (χ0n) is 21.3. The molecule has 0 radical (unpaired) electrons. The molecule has 4 N–H and O–H groups in total. The molecule has 0 fully saturated rings. The number of ether oxygens (including phenoxy) is 2. The SMILES string of the molecule is C/C=C(/CCNC)C(=O)O[C@@H]1Cc2c(c(-c3cccc(O)c3)c3oc(CO)cc(=O)c3c2O)OC1(C)C. The molecule has 1 aliphatic heterocycles. The van der Waals surface area contributed by atoms with Crippen LogP contribution in [0, 0.1) is 0 Å². The van der Waals surface area contributed by atoms with Gasteiger partial charge in [0, 0.05) is 23.6 Å². The van der Waals surface area contributed by atoms with Gasteiger partial charge in [-0.3, -0.25) is 4.79 Å². The lowest BCUT2D eigenvalue weighted by Crippen LogP contribution is -2.49. The smallest absolute Gasteiger partial charge is 0.334 e. The molecule has 2 aromatic carbocycles. The van der Waals surface area contributed by atoms with Crippen molar-refractivity contribution in [2.24, 2.45) is 0 Å². The van der Waals surface area contributed by atoms with Gasteiger partial charge in [0.1, 0.15) is 46.7 Å². The van der Waals surface area contributed by atoms with Crippen LogP contribution < -0.4 is 15.5 Å². The van der Waals surface area contributed by atoms with Crippen molar-refractivity contribution >= 4 is 16.9 Å². The van der Waals surface area contributed by atoms with E-state index in [2.05, 4.69) is 5.32 Å². The number of carbonyl (C=O) groups is 1. The third kappa shape index (κ3) is 4.92.